The minimum Gasteiger partial charge on any atom is -0.383 e. The van der Waals surface area contributed by atoms with Gasteiger partial charge in [-0.15, -0.1) is 5.10 Å². The molecule has 8 rings (SSSR count). The number of likely N-dealkylation sites (tertiary alicyclic amines) is 1. The average Bonchev–Trinajstić information content (AvgIpc) is 3.83. The highest BCUT2D eigenvalue weighted by Gasteiger charge is 2.23. The van der Waals surface area contributed by atoms with Crippen LogP contribution in [-0.2, 0) is 11.3 Å². The van der Waals surface area contributed by atoms with E-state index < -0.39 is 0 Å². The highest BCUT2D eigenvalue weighted by atomic mass is 16.5. The van der Waals surface area contributed by atoms with Crippen molar-refractivity contribution < 1.29 is 4.74 Å². The number of nitrogens with two attached hydrogens (primary N) is 1. The van der Waals surface area contributed by atoms with Crippen molar-refractivity contribution in [2.45, 2.75) is 64.8 Å². The fraction of sp³-hybridized carbons (Fsp3) is 0.351. The fourth-order valence-corrected chi connectivity index (χ4v) is 6.52. The van der Waals surface area contributed by atoms with Crippen LogP contribution in [-0.4, -0.2) is 75.1 Å². The molecular weight excluding hydrogens is 642 g/mol. The van der Waals surface area contributed by atoms with Crippen molar-refractivity contribution in [1.82, 2.24) is 49.4 Å². The zero-order valence-electron chi connectivity index (χ0n) is 28.9. The molecule has 0 amide bonds. The van der Waals surface area contributed by atoms with Gasteiger partial charge in [-0.2, -0.15) is 15.2 Å². The Labute approximate surface area is 296 Å². The summed E-state index contributed by atoms with van der Waals surface area (Å²) in [5.41, 5.74) is 12.0. The molecule has 51 heavy (non-hydrogen) atoms. The lowest BCUT2D eigenvalue weighted by molar-refractivity contribution is -0.0479. The van der Waals surface area contributed by atoms with Crippen molar-refractivity contribution in [3.05, 3.63) is 84.6 Å². The number of anilines is 2. The average molecular weight is 684 g/mol. The number of rotatable bonds is 8. The summed E-state index contributed by atoms with van der Waals surface area (Å²) in [5, 5.41) is 21.8. The molecule has 3 N–H and O–H groups in total. The molecule has 7 heterocycles. The van der Waals surface area contributed by atoms with Crippen LogP contribution in [0.2, 0.25) is 0 Å². The normalized spacial score (nSPS) is 16.7. The molecule has 0 radical (unpaired) electrons. The number of imidazole rings is 1. The molecule has 1 atom stereocenters. The summed E-state index contributed by atoms with van der Waals surface area (Å²) in [6.45, 7) is 7.47. The first kappa shape index (κ1) is 33.7. The zero-order chi connectivity index (χ0) is 35.2. The second-order valence-corrected chi connectivity index (χ2v) is 12.4. The number of nitrogen functional groups attached to an aromatic ring is 1. The van der Waals surface area contributed by atoms with Gasteiger partial charge < -0.3 is 15.8 Å². The van der Waals surface area contributed by atoms with E-state index in [9.17, 15) is 0 Å². The van der Waals surface area contributed by atoms with Crippen LogP contribution in [0.5, 0.6) is 0 Å². The van der Waals surface area contributed by atoms with Gasteiger partial charge in [0.2, 0.25) is 5.82 Å². The maximum absolute atomic E-state index is 9.10. The van der Waals surface area contributed by atoms with E-state index in [4.69, 9.17) is 30.8 Å². The SMILES string of the molecule is CC.N#Cc1nccc(NC2CCN(Cc3ccc(-n4c(-c5cccnc5N)nc5ccc(-c6cnn(C7CCCCO7)n6)nc54)cc3)CC2)n1. The summed E-state index contributed by atoms with van der Waals surface area (Å²) in [6.07, 6.45) is 9.89. The van der Waals surface area contributed by atoms with E-state index in [1.165, 1.54) is 5.56 Å². The summed E-state index contributed by atoms with van der Waals surface area (Å²) in [4.78, 5) is 26.7. The Morgan fingerprint density at radius 1 is 0.922 bits per heavy atom. The van der Waals surface area contributed by atoms with Crippen molar-refractivity contribution in [3.8, 4) is 34.5 Å². The van der Waals surface area contributed by atoms with Crippen LogP contribution in [0.25, 0.3) is 39.6 Å². The molecule has 14 nitrogen and oxygen atoms in total. The first-order chi connectivity index (χ1) is 25.1. The molecule has 5 aromatic heterocycles. The molecule has 0 aliphatic carbocycles. The van der Waals surface area contributed by atoms with E-state index in [0.717, 1.165) is 75.1 Å². The second kappa shape index (κ2) is 15.4. The van der Waals surface area contributed by atoms with Crippen LogP contribution in [0, 0.1) is 11.3 Å². The van der Waals surface area contributed by atoms with Gasteiger partial charge in [-0.1, -0.05) is 26.0 Å². The van der Waals surface area contributed by atoms with Gasteiger partial charge in [-0.3, -0.25) is 9.47 Å². The number of hydrogen-bond acceptors (Lipinski definition) is 12. The maximum Gasteiger partial charge on any atom is 0.234 e. The molecule has 2 aliphatic rings. The lowest BCUT2D eigenvalue weighted by Crippen LogP contribution is -2.38. The lowest BCUT2D eigenvalue weighted by Gasteiger charge is -2.32. The molecule has 2 saturated heterocycles. The van der Waals surface area contributed by atoms with E-state index in [1.54, 1.807) is 29.5 Å². The van der Waals surface area contributed by atoms with Crippen LogP contribution in [0.4, 0.5) is 11.6 Å². The third-order valence-electron chi connectivity index (χ3n) is 9.06. The predicted octanol–water partition coefficient (Wildman–Crippen LogP) is 5.79. The molecule has 0 spiro atoms. The largest absolute Gasteiger partial charge is 0.383 e. The Bertz CT molecular complexity index is 2120. The Kier molecular flexibility index (Phi) is 10.2. The number of nitrogens with zero attached hydrogens (tertiary/aromatic N) is 11. The Hall–Kier alpha value is -5.78. The molecule has 2 fully saturated rings. The number of pyridine rings is 2. The Morgan fingerprint density at radius 3 is 2.53 bits per heavy atom. The summed E-state index contributed by atoms with van der Waals surface area (Å²) < 4.78 is 7.92. The van der Waals surface area contributed by atoms with Crippen molar-refractivity contribution in [1.29, 1.82) is 5.26 Å². The number of aromatic nitrogens is 9. The molecule has 6 aromatic rings. The van der Waals surface area contributed by atoms with E-state index in [1.807, 2.05) is 48.7 Å². The molecule has 1 unspecified atom stereocenters. The van der Waals surface area contributed by atoms with Gasteiger partial charge in [-0.05, 0) is 80.1 Å². The van der Waals surface area contributed by atoms with E-state index in [-0.39, 0.29) is 12.1 Å². The summed E-state index contributed by atoms with van der Waals surface area (Å²) in [6, 6.07) is 20.3. The van der Waals surface area contributed by atoms with Crippen LogP contribution >= 0.6 is 0 Å². The minimum absolute atomic E-state index is 0.151. The Morgan fingerprint density at radius 2 is 1.76 bits per heavy atom. The quantitative estimate of drug-likeness (QED) is 0.198. The van der Waals surface area contributed by atoms with Crippen molar-refractivity contribution in [2.24, 2.45) is 0 Å². The predicted molar refractivity (Wildman–Crippen MR) is 194 cm³/mol. The first-order valence-electron chi connectivity index (χ1n) is 17.6. The number of nitriles is 1. The van der Waals surface area contributed by atoms with Gasteiger partial charge >= 0.3 is 0 Å². The van der Waals surface area contributed by atoms with E-state index in [0.29, 0.717) is 40.5 Å². The third kappa shape index (κ3) is 7.40. The monoisotopic (exact) mass is 683 g/mol. The second-order valence-electron chi connectivity index (χ2n) is 12.4. The topological polar surface area (TPSA) is 174 Å². The number of piperidine rings is 1. The van der Waals surface area contributed by atoms with Crippen LogP contribution in [0.3, 0.4) is 0 Å². The molecule has 1 aromatic carbocycles. The van der Waals surface area contributed by atoms with Crippen LogP contribution < -0.4 is 11.1 Å². The van der Waals surface area contributed by atoms with Gasteiger partial charge in [0, 0.05) is 50.4 Å². The van der Waals surface area contributed by atoms with Gasteiger partial charge in [-0.25, -0.2) is 24.9 Å². The van der Waals surface area contributed by atoms with Crippen LogP contribution in [0.15, 0.2) is 73.2 Å². The van der Waals surface area contributed by atoms with E-state index in [2.05, 4.69) is 54.5 Å². The Balaban J connectivity index is 0.00000200. The lowest BCUT2D eigenvalue weighted by atomic mass is 10.0. The molecule has 14 heteroatoms. The smallest absolute Gasteiger partial charge is 0.234 e. The minimum atomic E-state index is -0.151. The van der Waals surface area contributed by atoms with Crippen molar-refractivity contribution >= 4 is 22.8 Å². The zero-order valence-corrected chi connectivity index (χ0v) is 28.9. The number of benzene rings is 1. The molecule has 2 aliphatic heterocycles. The summed E-state index contributed by atoms with van der Waals surface area (Å²) in [5.74, 6) is 1.94. The molecule has 0 saturated carbocycles. The summed E-state index contributed by atoms with van der Waals surface area (Å²) >= 11 is 0. The van der Waals surface area contributed by atoms with Gasteiger partial charge in [0.25, 0.3) is 0 Å². The number of ether oxygens (including phenoxy) is 1. The fourth-order valence-electron chi connectivity index (χ4n) is 6.52. The van der Waals surface area contributed by atoms with Gasteiger partial charge in [0.05, 0.1) is 17.5 Å². The number of fused-ring (bicyclic) bond motifs is 1. The first-order valence-corrected chi connectivity index (χ1v) is 17.6. The maximum atomic E-state index is 9.10. The summed E-state index contributed by atoms with van der Waals surface area (Å²) in [7, 11) is 0. The standard InChI is InChI=1S/C35H35N13O.C2H6/c36-20-31-38-16-12-30(44-31)41-24-13-17-46(18-14-24)22-23-6-8-25(9-7-23)47-34(26-4-3-15-39-33(26)37)43-28-11-10-27(42-35(28)47)29-21-40-48(45-29)32-5-1-2-19-49-32;1-2/h3-4,6-12,15-16,21,24,32H,1-2,5,13-14,17-19,22H2,(H2,37,39)(H,38,41,44);1-2H3. The number of hydrogen-bond donors (Lipinski definition) is 2. The van der Waals surface area contributed by atoms with Gasteiger partial charge in [0.1, 0.15) is 28.9 Å². The molecular formula is C37H41N13O. The highest BCUT2D eigenvalue weighted by Crippen LogP contribution is 2.32. The van der Waals surface area contributed by atoms with Crippen molar-refractivity contribution in [3.63, 3.8) is 0 Å². The third-order valence-corrected chi connectivity index (χ3v) is 9.06. The molecule has 260 valence electrons. The van der Waals surface area contributed by atoms with Crippen LogP contribution in [0.1, 0.15) is 63.6 Å². The molecule has 0 bridgehead atoms. The van der Waals surface area contributed by atoms with E-state index >= 15 is 0 Å². The van der Waals surface area contributed by atoms with Crippen molar-refractivity contribution in [2.75, 3.05) is 30.7 Å². The number of nitrogens with one attached hydrogen (secondary N) is 1. The van der Waals surface area contributed by atoms with Gasteiger partial charge in [0.15, 0.2) is 17.7 Å². The highest BCUT2D eigenvalue weighted by molar-refractivity contribution is 5.84.